The predicted octanol–water partition coefficient (Wildman–Crippen LogP) is 3.53. The largest absolute Gasteiger partial charge is 0.497 e. The first kappa shape index (κ1) is 22.7. The number of benzene rings is 2. The Labute approximate surface area is 199 Å². The Morgan fingerprint density at radius 3 is 2.55 bits per heavy atom. The van der Waals surface area contributed by atoms with Gasteiger partial charge < -0.3 is 14.5 Å². The van der Waals surface area contributed by atoms with Crippen molar-refractivity contribution in [3.63, 3.8) is 0 Å². The molecule has 2 aromatic carbocycles. The van der Waals surface area contributed by atoms with Gasteiger partial charge in [0.1, 0.15) is 18.0 Å². The zero-order chi connectivity index (χ0) is 23.5. The van der Waals surface area contributed by atoms with E-state index in [1.165, 1.54) is 6.07 Å². The maximum Gasteiger partial charge on any atom is 0.294 e. The predicted molar refractivity (Wildman–Crippen MR) is 126 cm³/mol. The fraction of sp³-hybridized carbons (Fsp3) is 0.286. The highest BCUT2D eigenvalue weighted by Gasteiger charge is 2.26. The monoisotopic (exact) mass is 488 g/mol. The minimum absolute atomic E-state index is 0.0395. The van der Waals surface area contributed by atoms with Gasteiger partial charge in [-0.1, -0.05) is 11.6 Å². The second kappa shape index (κ2) is 9.59. The normalized spacial score (nSPS) is 13.8. The van der Waals surface area contributed by atoms with Gasteiger partial charge in [-0.2, -0.15) is 5.10 Å². The summed E-state index contributed by atoms with van der Waals surface area (Å²) in [5, 5.41) is 18.7. The first-order chi connectivity index (χ1) is 15.9. The third kappa shape index (κ3) is 4.83. The Hall–Kier alpha value is -3.44. The summed E-state index contributed by atoms with van der Waals surface area (Å²) in [6, 6.07) is 11.9. The number of hydrogen-bond acceptors (Lipinski definition) is 7. The molecule has 0 spiro atoms. The van der Waals surface area contributed by atoms with Crippen LogP contribution in [0.2, 0.25) is 5.02 Å². The van der Waals surface area contributed by atoms with Crippen molar-refractivity contribution in [2.75, 3.05) is 38.2 Å². The average Bonchev–Trinajstić information content (AvgIpc) is 3.19. The first-order valence-corrected chi connectivity index (χ1v) is 10.9. The number of ether oxygens (including phenoxy) is 1. The molecule has 12 heteroatoms. The van der Waals surface area contributed by atoms with Crippen LogP contribution in [0.15, 0.2) is 42.5 Å². The molecule has 172 valence electrons. The lowest BCUT2D eigenvalue weighted by molar-refractivity contribution is -0.384. The van der Waals surface area contributed by atoms with Crippen LogP contribution in [0.25, 0.3) is 11.4 Å². The third-order valence-corrected chi connectivity index (χ3v) is 6.05. The number of nitrogens with zero attached hydrogens (tertiary/aromatic N) is 5. The topological polar surface area (TPSA) is 110 Å². The van der Waals surface area contributed by atoms with Gasteiger partial charge in [0.2, 0.25) is 5.91 Å². The molecule has 1 aliphatic heterocycles. The smallest absolute Gasteiger partial charge is 0.294 e. The maximum absolute atomic E-state index is 13.0. The van der Waals surface area contributed by atoms with Crippen LogP contribution in [0.3, 0.4) is 0 Å². The highest BCUT2D eigenvalue weighted by molar-refractivity contribution is 7.71. The molecule has 33 heavy (non-hydrogen) atoms. The molecule has 1 aliphatic rings. The average molecular weight is 489 g/mol. The molecular formula is C21H21ClN6O4S. The molecule has 2 heterocycles. The molecule has 0 unspecified atom stereocenters. The lowest BCUT2D eigenvalue weighted by atomic mass is 10.2. The van der Waals surface area contributed by atoms with Crippen molar-refractivity contribution in [1.29, 1.82) is 0 Å². The van der Waals surface area contributed by atoms with Crippen LogP contribution in [0, 0.1) is 14.9 Å². The summed E-state index contributed by atoms with van der Waals surface area (Å²) in [5.41, 5.74) is 1.25. The van der Waals surface area contributed by atoms with Crippen LogP contribution >= 0.6 is 23.8 Å². The molecule has 1 saturated heterocycles. The molecular weight excluding hydrogens is 468 g/mol. The van der Waals surface area contributed by atoms with Gasteiger partial charge in [0, 0.05) is 42.8 Å². The molecule has 0 radical (unpaired) electrons. The van der Waals surface area contributed by atoms with Gasteiger partial charge in [-0.3, -0.25) is 24.6 Å². The molecule has 1 N–H and O–H groups in total. The minimum Gasteiger partial charge on any atom is -0.497 e. The summed E-state index contributed by atoms with van der Waals surface area (Å²) >= 11 is 11.3. The SMILES string of the molecule is COc1ccc(-c2n[nH]c(=S)n2CC(=O)N2CCN(c3ccc(Cl)cc3[N+](=O)[O-])CC2)cc1. The summed E-state index contributed by atoms with van der Waals surface area (Å²) in [6.45, 7) is 1.84. The fourth-order valence-corrected chi connectivity index (χ4v) is 4.13. The summed E-state index contributed by atoms with van der Waals surface area (Å²) < 4.78 is 7.20. The van der Waals surface area contributed by atoms with Crippen molar-refractivity contribution in [2.45, 2.75) is 6.54 Å². The Morgan fingerprint density at radius 2 is 1.91 bits per heavy atom. The quantitative estimate of drug-likeness (QED) is 0.321. The number of amides is 1. The first-order valence-electron chi connectivity index (χ1n) is 10.1. The lowest BCUT2D eigenvalue weighted by Crippen LogP contribution is -2.49. The van der Waals surface area contributed by atoms with Gasteiger partial charge in [-0.25, -0.2) is 0 Å². The van der Waals surface area contributed by atoms with Crippen LogP contribution in [-0.2, 0) is 11.3 Å². The van der Waals surface area contributed by atoms with E-state index in [2.05, 4.69) is 10.2 Å². The molecule has 10 nitrogen and oxygen atoms in total. The molecule has 3 aromatic rings. The number of nitrogens with one attached hydrogen (secondary N) is 1. The van der Waals surface area contributed by atoms with Crippen LogP contribution < -0.4 is 9.64 Å². The highest BCUT2D eigenvalue weighted by atomic mass is 35.5. The van der Waals surface area contributed by atoms with E-state index in [0.717, 1.165) is 5.56 Å². The number of anilines is 1. The summed E-state index contributed by atoms with van der Waals surface area (Å²) in [5.74, 6) is 1.17. The Balaban J connectivity index is 1.45. The van der Waals surface area contributed by atoms with E-state index in [4.69, 9.17) is 28.6 Å². The molecule has 1 aromatic heterocycles. The number of carbonyl (C=O) groups excluding carboxylic acids is 1. The number of methoxy groups -OCH3 is 1. The van der Waals surface area contributed by atoms with E-state index < -0.39 is 4.92 Å². The molecule has 0 atom stereocenters. The van der Waals surface area contributed by atoms with E-state index in [-0.39, 0.29) is 18.1 Å². The second-order valence-electron chi connectivity index (χ2n) is 7.42. The third-order valence-electron chi connectivity index (χ3n) is 5.51. The van der Waals surface area contributed by atoms with E-state index in [0.29, 0.717) is 53.2 Å². The van der Waals surface area contributed by atoms with Crippen LogP contribution in [0.5, 0.6) is 5.75 Å². The van der Waals surface area contributed by atoms with Crippen LogP contribution in [0.4, 0.5) is 11.4 Å². The molecule has 1 fully saturated rings. The highest BCUT2D eigenvalue weighted by Crippen LogP contribution is 2.31. The Kier molecular flexibility index (Phi) is 6.61. The van der Waals surface area contributed by atoms with Gasteiger partial charge in [0.15, 0.2) is 10.6 Å². The molecule has 0 aliphatic carbocycles. The van der Waals surface area contributed by atoms with Crippen molar-refractivity contribution >= 4 is 41.1 Å². The summed E-state index contributed by atoms with van der Waals surface area (Å²) in [7, 11) is 1.59. The zero-order valence-electron chi connectivity index (χ0n) is 17.7. The van der Waals surface area contributed by atoms with Gasteiger partial charge >= 0.3 is 0 Å². The Morgan fingerprint density at radius 1 is 1.21 bits per heavy atom. The molecule has 1 amide bonds. The maximum atomic E-state index is 13.0. The summed E-state index contributed by atoms with van der Waals surface area (Å²) in [6.07, 6.45) is 0. The Bertz CT molecular complexity index is 1230. The lowest BCUT2D eigenvalue weighted by Gasteiger charge is -2.36. The van der Waals surface area contributed by atoms with Gasteiger partial charge in [-0.15, -0.1) is 0 Å². The van der Waals surface area contributed by atoms with Gasteiger partial charge in [-0.05, 0) is 48.6 Å². The number of hydrogen-bond donors (Lipinski definition) is 1. The van der Waals surface area contributed by atoms with Gasteiger partial charge in [0.05, 0.1) is 12.0 Å². The van der Waals surface area contributed by atoms with Crippen molar-refractivity contribution < 1.29 is 14.5 Å². The van der Waals surface area contributed by atoms with Crippen LogP contribution in [-0.4, -0.2) is 63.8 Å². The van der Waals surface area contributed by atoms with Crippen LogP contribution in [0.1, 0.15) is 0 Å². The number of rotatable bonds is 6. The van der Waals surface area contributed by atoms with Gasteiger partial charge in [0.25, 0.3) is 5.69 Å². The van der Waals surface area contributed by atoms with Crippen molar-refractivity contribution in [3.8, 4) is 17.1 Å². The zero-order valence-corrected chi connectivity index (χ0v) is 19.3. The van der Waals surface area contributed by atoms with E-state index in [9.17, 15) is 14.9 Å². The molecule has 4 rings (SSSR count). The molecule has 0 bridgehead atoms. The van der Waals surface area contributed by atoms with Crippen molar-refractivity contribution in [2.24, 2.45) is 0 Å². The van der Waals surface area contributed by atoms with E-state index in [1.54, 1.807) is 28.7 Å². The number of nitro groups is 1. The van der Waals surface area contributed by atoms with Crippen molar-refractivity contribution in [1.82, 2.24) is 19.7 Å². The number of carbonyl (C=O) groups is 1. The molecule has 0 saturated carbocycles. The number of aromatic nitrogens is 3. The number of halogens is 1. The number of piperazine rings is 1. The number of H-pyrrole nitrogens is 1. The standard InChI is InChI=1S/C21H21ClN6O4S/c1-32-16-5-2-14(3-6-16)20-23-24-21(33)27(20)13-19(29)26-10-8-25(9-11-26)17-7-4-15(22)12-18(17)28(30)31/h2-7,12H,8-11,13H2,1H3,(H,24,33). The van der Waals surface area contributed by atoms with E-state index >= 15 is 0 Å². The number of nitro benzene ring substituents is 1. The van der Waals surface area contributed by atoms with E-state index in [1.807, 2.05) is 29.2 Å². The van der Waals surface area contributed by atoms with Crippen molar-refractivity contribution in [3.05, 3.63) is 62.4 Å². The second-order valence-corrected chi connectivity index (χ2v) is 8.25. The minimum atomic E-state index is -0.444. The number of aromatic amines is 1. The fourth-order valence-electron chi connectivity index (χ4n) is 3.77. The summed E-state index contributed by atoms with van der Waals surface area (Å²) in [4.78, 5) is 27.6.